The zero-order valence-corrected chi connectivity index (χ0v) is 19.5. The summed E-state index contributed by atoms with van der Waals surface area (Å²) in [6.45, 7) is 0.716. The van der Waals surface area contributed by atoms with Crippen molar-refractivity contribution in [2.75, 3.05) is 18.5 Å². The quantitative estimate of drug-likeness (QED) is 0.378. The summed E-state index contributed by atoms with van der Waals surface area (Å²) in [5.41, 5.74) is 4.65. The lowest BCUT2D eigenvalue weighted by Crippen LogP contribution is -2.27. The topological polar surface area (TPSA) is 123 Å². The minimum Gasteiger partial charge on any atom is -0.477 e. The first-order valence-electron chi connectivity index (χ1n) is 11.6. The van der Waals surface area contributed by atoms with Crippen LogP contribution in [0.4, 0.5) is 10.6 Å². The number of carboxylic acids is 1. The molecule has 9 heteroatoms. The number of carboxylic acid groups (broad SMARTS) is 1. The van der Waals surface area contributed by atoms with Gasteiger partial charge in [0.1, 0.15) is 12.2 Å². The third-order valence-corrected chi connectivity index (χ3v) is 6.01. The highest BCUT2D eigenvalue weighted by Gasteiger charge is 2.28. The lowest BCUT2D eigenvalue weighted by Gasteiger charge is -2.14. The molecule has 0 aliphatic heterocycles. The second-order valence-electron chi connectivity index (χ2n) is 8.48. The van der Waals surface area contributed by atoms with Crippen LogP contribution >= 0.6 is 0 Å². The third kappa shape index (κ3) is 5.68. The van der Waals surface area contributed by atoms with Crippen LogP contribution in [-0.4, -0.2) is 46.0 Å². The summed E-state index contributed by atoms with van der Waals surface area (Å²) in [5.74, 6) is -1.38. The molecular weight excluding hydrogens is 448 g/mol. The third-order valence-electron chi connectivity index (χ3n) is 6.01. The van der Waals surface area contributed by atoms with E-state index < -0.39 is 12.1 Å². The molecule has 1 aliphatic carbocycles. The molecule has 1 aromatic heterocycles. The Morgan fingerprint density at radius 3 is 2.31 bits per heavy atom. The molecule has 0 atom stereocenters. The fourth-order valence-electron chi connectivity index (χ4n) is 4.36. The smallest absolute Gasteiger partial charge is 0.407 e. The maximum atomic E-state index is 12.2. The van der Waals surface area contributed by atoms with Crippen molar-refractivity contribution in [3.05, 3.63) is 71.4 Å². The molecule has 1 aliphatic rings. The molecule has 0 spiro atoms. The van der Waals surface area contributed by atoms with Gasteiger partial charge in [0.05, 0.1) is 0 Å². The fourth-order valence-corrected chi connectivity index (χ4v) is 4.36. The Kier molecular flexibility index (Phi) is 7.45. The number of aromatic carboxylic acids is 1. The van der Waals surface area contributed by atoms with E-state index in [1.54, 1.807) is 7.05 Å². The number of benzene rings is 2. The number of rotatable bonds is 10. The summed E-state index contributed by atoms with van der Waals surface area (Å²) in [6.07, 6.45) is 3.15. The summed E-state index contributed by atoms with van der Waals surface area (Å²) >= 11 is 0. The molecule has 0 saturated heterocycles. The van der Waals surface area contributed by atoms with Gasteiger partial charge >= 0.3 is 12.1 Å². The number of aryl methyl sites for hydroxylation is 1. The second kappa shape index (κ2) is 10.9. The summed E-state index contributed by atoms with van der Waals surface area (Å²) < 4.78 is 6.85. The van der Waals surface area contributed by atoms with Gasteiger partial charge in [-0.3, -0.25) is 9.48 Å². The second-order valence-corrected chi connectivity index (χ2v) is 8.48. The number of alkyl carbamates (subject to hydrolysis) is 1. The first-order valence-corrected chi connectivity index (χ1v) is 11.6. The molecule has 0 unspecified atom stereocenters. The van der Waals surface area contributed by atoms with Gasteiger partial charge < -0.3 is 20.5 Å². The van der Waals surface area contributed by atoms with Crippen LogP contribution in [0.5, 0.6) is 0 Å². The van der Waals surface area contributed by atoms with Gasteiger partial charge in [-0.2, -0.15) is 5.10 Å². The molecule has 0 fully saturated rings. The number of anilines is 1. The molecule has 0 saturated carbocycles. The van der Waals surface area contributed by atoms with E-state index in [-0.39, 0.29) is 36.2 Å². The van der Waals surface area contributed by atoms with Gasteiger partial charge in [-0.1, -0.05) is 55.0 Å². The van der Waals surface area contributed by atoms with Crippen LogP contribution in [0.15, 0.2) is 54.7 Å². The van der Waals surface area contributed by atoms with Gasteiger partial charge in [0.15, 0.2) is 5.82 Å². The van der Waals surface area contributed by atoms with Crippen molar-refractivity contribution >= 4 is 23.8 Å². The molecule has 0 bridgehead atoms. The van der Waals surface area contributed by atoms with Crippen LogP contribution in [0, 0.1) is 0 Å². The predicted molar refractivity (Wildman–Crippen MR) is 130 cm³/mol. The molecule has 9 nitrogen and oxygen atoms in total. The van der Waals surface area contributed by atoms with E-state index in [0.29, 0.717) is 19.4 Å². The number of hydrogen-bond donors (Lipinski definition) is 3. The van der Waals surface area contributed by atoms with Gasteiger partial charge in [0, 0.05) is 32.1 Å². The normalized spacial score (nSPS) is 12.0. The van der Waals surface area contributed by atoms with E-state index in [1.807, 2.05) is 24.3 Å². The standard InChI is InChI=1S/C26H28N4O5/c1-30-15-21(25(32)33)24(29-30)28-23(31)13-3-2-8-14-27-26(34)35-16-22-19-11-6-4-9-17(19)18-10-5-7-12-20(18)22/h4-7,9-12,15,22H,2-3,8,13-14,16H2,1H3,(H,27,34)(H,32,33)(H,28,29,31). The Bertz CT molecular complexity index is 1190. The van der Waals surface area contributed by atoms with Gasteiger partial charge in [0.25, 0.3) is 0 Å². The number of fused-ring (bicyclic) bond motifs is 3. The predicted octanol–water partition coefficient (Wildman–Crippen LogP) is 4.16. The highest BCUT2D eigenvalue weighted by Crippen LogP contribution is 2.44. The maximum absolute atomic E-state index is 12.2. The number of nitrogens with zero attached hydrogens (tertiary/aromatic N) is 2. The molecule has 182 valence electrons. The van der Waals surface area contributed by atoms with Gasteiger partial charge in [-0.25, -0.2) is 9.59 Å². The number of ether oxygens (including phenoxy) is 1. The van der Waals surface area contributed by atoms with E-state index in [0.717, 1.165) is 6.42 Å². The van der Waals surface area contributed by atoms with E-state index in [9.17, 15) is 14.4 Å². The largest absolute Gasteiger partial charge is 0.477 e. The Hall–Kier alpha value is -4.14. The Labute approximate surface area is 203 Å². The Morgan fingerprint density at radius 1 is 1.00 bits per heavy atom. The zero-order valence-electron chi connectivity index (χ0n) is 19.5. The SMILES string of the molecule is Cn1cc(C(=O)O)c(NC(=O)CCCCCNC(=O)OCC2c3ccccc3-c3ccccc32)n1. The van der Waals surface area contributed by atoms with Crippen molar-refractivity contribution in [1.82, 2.24) is 15.1 Å². The van der Waals surface area contributed by atoms with Crippen molar-refractivity contribution in [2.24, 2.45) is 7.05 Å². The number of carbonyl (C=O) groups is 3. The van der Waals surface area contributed by atoms with Crippen LogP contribution in [0.1, 0.15) is 53.1 Å². The van der Waals surface area contributed by atoms with Crippen LogP contribution in [0.2, 0.25) is 0 Å². The van der Waals surface area contributed by atoms with Crippen LogP contribution < -0.4 is 10.6 Å². The molecule has 1 heterocycles. The number of carbonyl (C=O) groups excluding carboxylic acids is 2. The molecular formula is C26H28N4O5. The number of hydrogen-bond acceptors (Lipinski definition) is 5. The molecule has 3 aromatic rings. The van der Waals surface area contributed by atoms with Crippen LogP contribution in [0.3, 0.4) is 0 Å². The number of unbranched alkanes of at least 4 members (excludes halogenated alkanes) is 2. The molecule has 4 rings (SSSR count). The van der Waals surface area contributed by atoms with Crippen LogP contribution in [0.25, 0.3) is 11.1 Å². The molecule has 0 radical (unpaired) electrons. The maximum Gasteiger partial charge on any atom is 0.407 e. The lowest BCUT2D eigenvalue weighted by molar-refractivity contribution is -0.116. The van der Waals surface area contributed by atoms with Crippen molar-refractivity contribution in [1.29, 1.82) is 0 Å². The molecule has 2 aromatic carbocycles. The van der Waals surface area contributed by atoms with Crippen LogP contribution in [-0.2, 0) is 16.6 Å². The van der Waals surface area contributed by atoms with Gasteiger partial charge in [-0.15, -0.1) is 0 Å². The summed E-state index contributed by atoms with van der Waals surface area (Å²) in [6, 6.07) is 16.4. The van der Waals surface area contributed by atoms with Crippen molar-refractivity contribution in [3.8, 4) is 11.1 Å². The van der Waals surface area contributed by atoms with E-state index in [4.69, 9.17) is 9.84 Å². The first-order chi connectivity index (χ1) is 16.9. The van der Waals surface area contributed by atoms with Crippen molar-refractivity contribution in [3.63, 3.8) is 0 Å². The Balaban J connectivity index is 1.14. The highest BCUT2D eigenvalue weighted by molar-refractivity contribution is 5.99. The molecule has 2 amide bonds. The minimum absolute atomic E-state index is 0.0207. The summed E-state index contributed by atoms with van der Waals surface area (Å²) in [5, 5.41) is 18.4. The number of amides is 2. The monoisotopic (exact) mass is 476 g/mol. The first kappa shape index (κ1) is 24.0. The van der Waals surface area contributed by atoms with E-state index in [1.165, 1.54) is 33.1 Å². The lowest BCUT2D eigenvalue weighted by atomic mass is 9.98. The zero-order chi connectivity index (χ0) is 24.8. The molecule has 3 N–H and O–H groups in total. The summed E-state index contributed by atoms with van der Waals surface area (Å²) in [7, 11) is 1.59. The van der Waals surface area contributed by atoms with Crippen molar-refractivity contribution in [2.45, 2.75) is 31.6 Å². The van der Waals surface area contributed by atoms with Crippen molar-refractivity contribution < 1.29 is 24.2 Å². The molecule has 35 heavy (non-hydrogen) atoms. The number of aromatic nitrogens is 2. The average molecular weight is 477 g/mol. The number of nitrogens with one attached hydrogen (secondary N) is 2. The Morgan fingerprint density at radius 2 is 1.66 bits per heavy atom. The van der Waals surface area contributed by atoms with Gasteiger partial charge in [-0.05, 0) is 35.1 Å². The van der Waals surface area contributed by atoms with Gasteiger partial charge in [0.2, 0.25) is 5.91 Å². The average Bonchev–Trinajstić information content (AvgIpc) is 3.37. The minimum atomic E-state index is -1.15. The van der Waals surface area contributed by atoms with E-state index >= 15 is 0 Å². The van der Waals surface area contributed by atoms with E-state index in [2.05, 4.69) is 40.0 Å². The highest BCUT2D eigenvalue weighted by atomic mass is 16.5. The fraction of sp³-hybridized carbons (Fsp3) is 0.308. The summed E-state index contributed by atoms with van der Waals surface area (Å²) in [4.78, 5) is 35.5.